The van der Waals surface area contributed by atoms with Gasteiger partial charge in [0.25, 0.3) is 0 Å². The number of fused-ring (bicyclic) bond motifs is 2. The molecule has 30 heavy (non-hydrogen) atoms. The first-order valence-corrected chi connectivity index (χ1v) is 12.0. The Morgan fingerprint density at radius 2 is 0.767 bits per heavy atom. The highest BCUT2D eigenvalue weighted by atomic mass is 35.5. The number of rotatable bonds is 8. The van der Waals surface area contributed by atoms with E-state index in [1.165, 1.54) is 32.7 Å². The molecule has 0 fully saturated rings. The second-order valence-corrected chi connectivity index (χ2v) is 10.2. The van der Waals surface area contributed by atoms with E-state index in [4.69, 9.17) is 46.4 Å². The van der Waals surface area contributed by atoms with Crippen molar-refractivity contribution in [3.8, 4) is 0 Å². The van der Waals surface area contributed by atoms with Gasteiger partial charge in [-0.2, -0.15) is 0 Å². The highest BCUT2D eigenvalue weighted by Crippen LogP contribution is 2.36. The van der Waals surface area contributed by atoms with Crippen LogP contribution in [0.1, 0.15) is 38.8 Å². The van der Waals surface area contributed by atoms with E-state index in [0.717, 1.165) is 0 Å². The van der Waals surface area contributed by atoms with E-state index in [1.54, 1.807) is 0 Å². The minimum Gasteiger partial charge on any atom is -0.267 e. The van der Waals surface area contributed by atoms with Crippen LogP contribution in [0, 0.1) is 0 Å². The largest absolute Gasteiger partial charge is 0.267 e. The van der Waals surface area contributed by atoms with Gasteiger partial charge in [-0.25, -0.2) is 0 Å². The zero-order chi connectivity index (χ0) is 22.0. The van der Waals surface area contributed by atoms with Crippen LogP contribution in [0.3, 0.4) is 0 Å². The van der Waals surface area contributed by atoms with E-state index in [1.807, 2.05) is 27.7 Å². The Morgan fingerprint density at radius 3 is 0.967 bits per heavy atom. The molecule has 3 rings (SSSR count). The summed E-state index contributed by atoms with van der Waals surface area (Å²) in [4.78, 5) is 4.18. The predicted molar refractivity (Wildman–Crippen MR) is 134 cm³/mol. The van der Waals surface area contributed by atoms with E-state index < -0.39 is 0 Å². The zero-order valence-corrected chi connectivity index (χ0v) is 20.8. The van der Waals surface area contributed by atoms with Crippen LogP contribution in [-0.2, 0) is 13.1 Å². The Balaban J connectivity index is 2.27. The molecule has 0 saturated heterocycles. The van der Waals surface area contributed by atoms with E-state index in [9.17, 15) is 0 Å². The van der Waals surface area contributed by atoms with Crippen molar-refractivity contribution in [2.75, 3.05) is 0 Å². The molecule has 0 aromatic heterocycles. The summed E-state index contributed by atoms with van der Waals surface area (Å²) in [7, 11) is 0. The second-order valence-electron chi connectivity index (χ2n) is 7.69. The molecule has 4 unspecified atom stereocenters. The van der Waals surface area contributed by atoms with Crippen LogP contribution < -0.4 is 0 Å². The van der Waals surface area contributed by atoms with E-state index >= 15 is 0 Å². The zero-order valence-electron chi connectivity index (χ0n) is 17.7. The summed E-state index contributed by atoms with van der Waals surface area (Å²) in [5.41, 5.74) is 1.74. The number of benzene rings is 3. The van der Waals surface area contributed by atoms with Gasteiger partial charge in [0.2, 0.25) is 0 Å². The van der Waals surface area contributed by atoms with Crippen molar-refractivity contribution >= 4 is 67.9 Å². The third-order valence-corrected chi connectivity index (χ3v) is 6.67. The molecule has 0 spiro atoms. The molecule has 0 radical (unpaired) electrons. The minimum absolute atomic E-state index is 0.181. The molecule has 0 bridgehead atoms. The van der Waals surface area contributed by atoms with Gasteiger partial charge in [-0.1, -0.05) is 48.5 Å². The van der Waals surface area contributed by atoms with Crippen LogP contribution >= 0.6 is 46.4 Å². The molecule has 0 aliphatic carbocycles. The summed E-state index contributed by atoms with van der Waals surface area (Å²) < 4.78 is 0. The van der Waals surface area contributed by atoms with Crippen molar-refractivity contribution < 1.29 is 0 Å². The van der Waals surface area contributed by atoms with Gasteiger partial charge in [0.05, 0.1) is 22.0 Å². The Labute approximate surface area is 199 Å². The fourth-order valence-electron chi connectivity index (χ4n) is 4.08. The lowest BCUT2D eigenvalue weighted by atomic mass is 9.91. The smallest absolute Gasteiger partial charge is 0.0836 e. The van der Waals surface area contributed by atoms with Gasteiger partial charge in [-0.15, -0.1) is 46.4 Å². The molecule has 6 heteroatoms. The third kappa shape index (κ3) is 5.01. The Hall–Kier alpha value is -0.740. The van der Waals surface area contributed by atoms with Crippen molar-refractivity contribution in [3.63, 3.8) is 0 Å². The third-order valence-electron chi connectivity index (χ3n) is 5.66. The fraction of sp³-hybridized carbons (Fsp3) is 0.417. The normalized spacial score (nSPS) is 16.3. The highest BCUT2D eigenvalue weighted by molar-refractivity contribution is 6.23. The molecule has 162 valence electrons. The maximum atomic E-state index is 6.47. The van der Waals surface area contributed by atoms with Crippen LogP contribution in [0.5, 0.6) is 0 Å². The summed E-state index contributed by atoms with van der Waals surface area (Å²) in [6.07, 6.45) is 0. The number of hydrogen-bond acceptors (Lipinski definition) is 2. The van der Waals surface area contributed by atoms with Gasteiger partial charge in [0.15, 0.2) is 0 Å². The number of nitrogens with zero attached hydrogens (tertiary/aromatic N) is 2. The van der Waals surface area contributed by atoms with Crippen LogP contribution in [0.4, 0.5) is 0 Å². The molecule has 2 nitrogen and oxygen atoms in total. The lowest BCUT2D eigenvalue weighted by molar-refractivity contribution is 0.242. The van der Waals surface area contributed by atoms with Gasteiger partial charge in [-0.3, -0.25) is 9.80 Å². The molecule has 0 saturated carbocycles. The van der Waals surface area contributed by atoms with Gasteiger partial charge in [0.1, 0.15) is 0 Å². The van der Waals surface area contributed by atoms with E-state index in [-0.39, 0.29) is 22.0 Å². The molecule has 0 amide bonds. The molecule has 4 atom stereocenters. The van der Waals surface area contributed by atoms with Crippen molar-refractivity contribution in [1.29, 1.82) is 0 Å². The quantitative estimate of drug-likeness (QED) is 0.181. The van der Waals surface area contributed by atoms with Crippen molar-refractivity contribution in [2.24, 2.45) is 0 Å². The first-order valence-electron chi connectivity index (χ1n) is 10.2. The van der Waals surface area contributed by atoms with Crippen LogP contribution in [0.2, 0.25) is 0 Å². The second kappa shape index (κ2) is 10.3. The SMILES string of the molecule is CC(Cl)N(Cc1c2ccccc2c(CN(C(C)Cl)C(C)Cl)c2ccccc12)C(C)Cl. The van der Waals surface area contributed by atoms with Crippen molar-refractivity contribution in [2.45, 2.75) is 62.8 Å². The predicted octanol–water partition coefficient (Wildman–Crippen LogP) is 7.94. The molecule has 0 N–H and O–H groups in total. The number of alkyl halides is 4. The van der Waals surface area contributed by atoms with Crippen LogP contribution in [0.25, 0.3) is 21.5 Å². The minimum atomic E-state index is -0.181. The summed E-state index contributed by atoms with van der Waals surface area (Å²) in [6, 6.07) is 17.0. The summed E-state index contributed by atoms with van der Waals surface area (Å²) in [5.74, 6) is 0. The molecular weight excluding hydrogens is 458 g/mol. The molecule has 0 aliphatic heterocycles. The van der Waals surface area contributed by atoms with E-state index in [2.05, 4.69) is 58.3 Å². The number of hydrogen-bond donors (Lipinski definition) is 0. The Bertz CT molecular complexity index is 848. The highest BCUT2D eigenvalue weighted by Gasteiger charge is 2.23. The van der Waals surface area contributed by atoms with Crippen molar-refractivity contribution in [3.05, 3.63) is 59.7 Å². The summed E-state index contributed by atoms with van der Waals surface area (Å²) in [6.45, 7) is 9.17. The van der Waals surface area contributed by atoms with Crippen LogP contribution in [-0.4, -0.2) is 31.8 Å². The standard InChI is InChI=1S/C24H28Cl4N2/c1-15(25)29(16(2)26)13-23-19-9-5-7-11-21(19)24(14-30(17(3)27)18(4)28)22-12-8-6-10-20(22)23/h5-12,15-18H,13-14H2,1-4H3. The van der Waals surface area contributed by atoms with E-state index in [0.29, 0.717) is 13.1 Å². The molecule has 0 aliphatic rings. The average Bonchev–Trinajstić information content (AvgIpc) is 2.69. The number of halogens is 4. The molecule has 0 heterocycles. The van der Waals surface area contributed by atoms with Gasteiger partial charge >= 0.3 is 0 Å². The summed E-state index contributed by atoms with van der Waals surface area (Å²) in [5, 5.41) is 4.82. The monoisotopic (exact) mass is 484 g/mol. The van der Waals surface area contributed by atoms with Gasteiger partial charge < -0.3 is 0 Å². The fourth-order valence-corrected chi connectivity index (χ4v) is 5.15. The lowest BCUT2D eigenvalue weighted by Gasteiger charge is -2.31. The Morgan fingerprint density at radius 1 is 0.533 bits per heavy atom. The van der Waals surface area contributed by atoms with Gasteiger partial charge in [-0.05, 0) is 60.4 Å². The maximum Gasteiger partial charge on any atom is 0.0836 e. The maximum absolute atomic E-state index is 6.47. The summed E-state index contributed by atoms with van der Waals surface area (Å²) >= 11 is 25.9. The molecule has 3 aromatic rings. The van der Waals surface area contributed by atoms with Crippen molar-refractivity contribution in [1.82, 2.24) is 9.80 Å². The molecule has 3 aromatic carbocycles. The molecular formula is C24H28Cl4N2. The van der Waals surface area contributed by atoms with Gasteiger partial charge in [0, 0.05) is 13.1 Å². The van der Waals surface area contributed by atoms with Crippen LogP contribution in [0.15, 0.2) is 48.5 Å². The first kappa shape index (κ1) is 23.9. The first-order chi connectivity index (χ1) is 14.2. The Kier molecular flexibility index (Phi) is 8.17. The topological polar surface area (TPSA) is 6.48 Å². The average molecular weight is 486 g/mol. The lowest BCUT2D eigenvalue weighted by Crippen LogP contribution is -2.34.